The van der Waals surface area contributed by atoms with Gasteiger partial charge in [-0.25, -0.2) is 4.98 Å². The van der Waals surface area contributed by atoms with Gasteiger partial charge in [0, 0.05) is 28.9 Å². The number of rotatable bonds is 2. The molecule has 0 amide bonds. The maximum absolute atomic E-state index is 4.75. The highest BCUT2D eigenvalue weighted by Gasteiger charge is 2.21. The van der Waals surface area contributed by atoms with Gasteiger partial charge < -0.3 is 5.32 Å². The molecule has 88 valence electrons. The molecule has 0 fully saturated rings. The second kappa shape index (κ2) is 4.55. The summed E-state index contributed by atoms with van der Waals surface area (Å²) in [5.74, 6) is 0. The number of aromatic nitrogens is 2. The lowest BCUT2D eigenvalue weighted by Crippen LogP contribution is -2.30. The first kappa shape index (κ1) is 10.9. The van der Waals surface area contributed by atoms with Crippen molar-refractivity contribution in [2.24, 2.45) is 0 Å². The standard InChI is InChI=1S/C13H15N3S/c1-14-10-2-3-11-12(8-10)17-13(16-11)9-4-6-15-7-5-9/h4-7,10,14H,2-3,8H2,1H3. The number of pyridine rings is 1. The second-order valence-electron chi connectivity index (χ2n) is 4.35. The monoisotopic (exact) mass is 245 g/mol. The molecule has 1 N–H and O–H groups in total. The van der Waals surface area contributed by atoms with Crippen LogP contribution in [0.25, 0.3) is 10.6 Å². The Labute approximate surface area is 105 Å². The average molecular weight is 245 g/mol. The molecule has 3 nitrogen and oxygen atoms in total. The molecule has 2 aromatic rings. The zero-order valence-electron chi connectivity index (χ0n) is 9.81. The summed E-state index contributed by atoms with van der Waals surface area (Å²) < 4.78 is 0. The van der Waals surface area contributed by atoms with Crippen molar-refractivity contribution in [3.8, 4) is 10.6 Å². The van der Waals surface area contributed by atoms with Crippen molar-refractivity contribution in [1.82, 2.24) is 15.3 Å². The van der Waals surface area contributed by atoms with Crippen molar-refractivity contribution >= 4 is 11.3 Å². The molecular formula is C13H15N3S. The largest absolute Gasteiger partial charge is 0.317 e. The van der Waals surface area contributed by atoms with Crippen LogP contribution in [0.2, 0.25) is 0 Å². The molecule has 0 bridgehead atoms. The Bertz CT molecular complexity index is 507. The van der Waals surface area contributed by atoms with Gasteiger partial charge in [0.25, 0.3) is 0 Å². The second-order valence-corrected chi connectivity index (χ2v) is 5.44. The number of nitrogens with zero attached hydrogens (tertiary/aromatic N) is 2. The highest BCUT2D eigenvalue weighted by molar-refractivity contribution is 7.15. The minimum atomic E-state index is 0.619. The van der Waals surface area contributed by atoms with Crippen molar-refractivity contribution in [2.45, 2.75) is 25.3 Å². The minimum absolute atomic E-state index is 0.619. The summed E-state index contributed by atoms with van der Waals surface area (Å²) in [6.45, 7) is 0. The van der Waals surface area contributed by atoms with Gasteiger partial charge in [-0.15, -0.1) is 11.3 Å². The third kappa shape index (κ3) is 2.10. The highest BCUT2D eigenvalue weighted by Crippen LogP contribution is 2.32. The minimum Gasteiger partial charge on any atom is -0.317 e. The molecule has 3 rings (SSSR count). The number of hydrogen-bond acceptors (Lipinski definition) is 4. The van der Waals surface area contributed by atoms with Crippen LogP contribution >= 0.6 is 11.3 Å². The van der Waals surface area contributed by atoms with Crippen LogP contribution in [-0.2, 0) is 12.8 Å². The predicted octanol–water partition coefficient (Wildman–Crippen LogP) is 2.28. The third-order valence-corrected chi connectivity index (χ3v) is 4.44. The van der Waals surface area contributed by atoms with Crippen LogP contribution in [0.5, 0.6) is 0 Å². The molecule has 1 aliphatic rings. The zero-order chi connectivity index (χ0) is 11.7. The van der Waals surface area contributed by atoms with E-state index < -0.39 is 0 Å². The summed E-state index contributed by atoms with van der Waals surface area (Å²) in [4.78, 5) is 10.2. The van der Waals surface area contributed by atoms with Crippen LogP contribution in [0.1, 0.15) is 17.0 Å². The zero-order valence-corrected chi connectivity index (χ0v) is 10.6. The van der Waals surface area contributed by atoms with Gasteiger partial charge in [0.15, 0.2) is 0 Å². The normalized spacial score (nSPS) is 19.0. The molecule has 1 atom stereocenters. The van der Waals surface area contributed by atoms with E-state index in [-0.39, 0.29) is 0 Å². The number of likely N-dealkylation sites (N-methyl/N-ethyl adjacent to an activating group) is 1. The van der Waals surface area contributed by atoms with Gasteiger partial charge >= 0.3 is 0 Å². The molecule has 2 aromatic heterocycles. The summed E-state index contributed by atoms with van der Waals surface area (Å²) in [5, 5.41) is 4.50. The quantitative estimate of drug-likeness (QED) is 0.882. The fourth-order valence-electron chi connectivity index (χ4n) is 2.24. The molecule has 1 aliphatic carbocycles. The first-order valence-electron chi connectivity index (χ1n) is 5.93. The van der Waals surface area contributed by atoms with Crippen LogP contribution in [0.15, 0.2) is 24.5 Å². The Morgan fingerprint density at radius 3 is 2.94 bits per heavy atom. The topological polar surface area (TPSA) is 37.8 Å². The Balaban J connectivity index is 1.93. The lowest BCUT2D eigenvalue weighted by atomic mass is 9.98. The van der Waals surface area contributed by atoms with E-state index in [0.717, 1.165) is 17.8 Å². The molecule has 4 heteroatoms. The SMILES string of the molecule is CNC1CCc2nc(-c3ccncc3)sc2C1. The molecule has 0 radical (unpaired) electrons. The Kier molecular flexibility index (Phi) is 2.91. The van der Waals surface area contributed by atoms with E-state index in [2.05, 4.69) is 10.3 Å². The van der Waals surface area contributed by atoms with Gasteiger partial charge in [-0.3, -0.25) is 4.98 Å². The van der Waals surface area contributed by atoms with E-state index in [9.17, 15) is 0 Å². The van der Waals surface area contributed by atoms with Crippen LogP contribution in [0.4, 0.5) is 0 Å². The number of fused-ring (bicyclic) bond motifs is 1. The summed E-state index contributed by atoms with van der Waals surface area (Å²) >= 11 is 1.83. The molecule has 0 saturated carbocycles. The van der Waals surface area contributed by atoms with E-state index in [1.807, 2.05) is 42.9 Å². The van der Waals surface area contributed by atoms with Gasteiger partial charge in [0.2, 0.25) is 0 Å². The van der Waals surface area contributed by atoms with Crippen LogP contribution in [0, 0.1) is 0 Å². The van der Waals surface area contributed by atoms with Gasteiger partial charge in [0.1, 0.15) is 5.01 Å². The smallest absolute Gasteiger partial charge is 0.123 e. The lowest BCUT2D eigenvalue weighted by molar-refractivity contribution is 0.497. The fourth-order valence-corrected chi connectivity index (χ4v) is 3.43. The van der Waals surface area contributed by atoms with Crippen molar-refractivity contribution in [2.75, 3.05) is 7.05 Å². The van der Waals surface area contributed by atoms with Gasteiger partial charge in [-0.2, -0.15) is 0 Å². The van der Waals surface area contributed by atoms with Crippen LogP contribution in [0.3, 0.4) is 0 Å². The number of nitrogens with one attached hydrogen (secondary N) is 1. The number of thiazole rings is 1. The van der Waals surface area contributed by atoms with Crippen LogP contribution in [-0.4, -0.2) is 23.1 Å². The molecule has 1 unspecified atom stereocenters. The summed E-state index contributed by atoms with van der Waals surface area (Å²) in [6, 6.07) is 4.67. The third-order valence-electron chi connectivity index (χ3n) is 3.28. The van der Waals surface area contributed by atoms with Gasteiger partial charge in [-0.05, 0) is 38.4 Å². The average Bonchev–Trinajstić information content (AvgIpc) is 2.82. The molecule has 0 aromatic carbocycles. The Morgan fingerprint density at radius 2 is 2.18 bits per heavy atom. The van der Waals surface area contributed by atoms with E-state index in [1.54, 1.807) is 0 Å². The van der Waals surface area contributed by atoms with Crippen molar-refractivity contribution < 1.29 is 0 Å². The van der Waals surface area contributed by atoms with Crippen molar-refractivity contribution in [3.63, 3.8) is 0 Å². The van der Waals surface area contributed by atoms with Crippen molar-refractivity contribution in [1.29, 1.82) is 0 Å². The van der Waals surface area contributed by atoms with Gasteiger partial charge in [-0.1, -0.05) is 0 Å². The summed E-state index contributed by atoms with van der Waals surface area (Å²) in [5.41, 5.74) is 2.48. The maximum atomic E-state index is 4.75. The fraction of sp³-hybridized carbons (Fsp3) is 0.385. The molecule has 2 heterocycles. The Morgan fingerprint density at radius 1 is 1.35 bits per heavy atom. The van der Waals surface area contributed by atoms with Crippen LogP contribution < -0.4 is 5.32 Å². The first-order valence-corrected chi connectivity index (χ1v) is 6.74. The van der Waals surface area contributed by atoms with E-state index >= 15 is 0 Å². The van der Waals surface area contributed by atoms with Crippen molar-refractivity contribution in [3.05, 3.63) is 35.1 Å². The number of aryl methyl sites for hydroxylation is 1. The number of hydrogen-bond donors (Lipinski definition) is 1. The van der Waals surface area contributed by atoms with Gasteiger partial charge in [0.05, 0.1) is 5.69 Å². The lowest BCUT2D eigenvalue weighted by Gasteiger charge is -2.19. The van der Waals surface area contributed by atoms with E-state index in [4.69, 9.17) is 4.98 Å². The molecule has 0 spiro atoms. The summed E-state index contributed by atoms with van der Waals surface area (Å²) in [7, 11) is 2.04. The van der Waals surface area contributed by atoms with E-state index in [0.29, 0.717) is 6.04 Å². The molecule has 17 heavy (non-hydrogen) atoms. The molecule has 0 aliphatic heterocycles. The molecule has 0 saturated heterocycles. The predicted molar refractivity (Wildman–Crippen MR) is 70.2 cm³/mol. The van der Waals surface area contributed by atoms with E-state index in [1.165, 1.54) is 22.6 Å². The highest BCUT2D eigenvalue weighted by atomic mass is 32.1. The molecular weight excluding hydrogens is 230 g/mol. The first-order chi connectivity index (χ1) is 8.36. The Hall–Kier alpha value is -1.26. The summed E-state index contributed by atoms with van der Waals surface area (Å²) in [6.07, 6.45) is 7.07. The maximum Gasteiger partial charge on any atom is 0.123 e.